The van der Waals surface area contributed by atoms with Gasteiger partial charge in [-0.15, -0.1) is 11.8 Å². The minimum Gasteiger partial charge on any atom is -0.399 e. The summed E-state index contributed by atoms with van der Waals surface area (Å²) in [5, 5.41) is 0.155. The fraction of sp³-hybridized carbons (Fsp3) is 0.0769. The summed E-state index contributed by atoms with van der Waals surface area (Å²) in [5.74, 6) is 0.315. The normalized spacial score (nSPS) is 10.5. The van der Waals surface area contributed by atoms with Crippen molar-refractivity contribution < 1.29 is 4.39 Å². The van der Waals surface area contributed by atoms with E-state index in [1.165, 1.54) is 6.07 Å². The number of anilines is 1. The molecule has 0 bridgehead atoms. The molecule has 0 fully saturated rings. The molecule has 0 unspecified atom stereocenters. The van der Waals surface area contributed by atoms with Gasteiger partial charge in [0.25, 0.3) is 0 Å². The summed E-state index contributed by atoms with van der Waals surface area (Å²) in [7, 11) is 0. The molecule has 0 aromatic heterocycles. The molecular weight excluding hydrogens is 257 g/mol. The Balaban J connectivity index is 2.05. The number of rotatable bonds is 3. The lowest BCUT2D eigenvalue weighted by molar-refractivity contribution is 0.627. The molecule has 0 amide bonds. The van der Waals surface area contributed by atoms with Gasteiger partial charge in [0.15, 0.2) is 0 Å². The summed E-state index contributed by atoms with van der Waals surface area (Å²) in [6.07, 6.45) is 0. The molecule has 2 aromatic rings. The molecule has 0 aliphatic heterocycles. The van der Waals surface area contributed by atoms with Crippen molar-refractivity contribution in [3.63, 3.8) is 0 Å². The van der Waals surface area contributed by atoms with Crippen LogP contribution < -0.4 is 5.73 Å². The third kappa shape index (κ3) is 3.38. The predicted octanol–water partition coefficient (Wildman–Crippen LogP) is 4.35. The summed E-state index contributed by atoms with van der Waals surface area (Å²) < 4.78 is 13.2. The molecule has 2 aromatic carbocycles. The molecule has 0 aliphatic rings. The van der Waals surface area contributed by atoms with Crippen LogP contribution in [0.15, 0.2) is 47.4 Å². The van der Waals surface area contributed by atoms with Crippen LogP contribution in [0.4, 0.5) is 10.1 Å². The molecule has 0 saturated heterocycles. The van der Waals surface area contributed by atoms with E-state index in [1.54, 1.807) is 17.8 Å². The molecule has 2 rings (SSSR count). The third-order valence-electron chi connectivity index (χ3n) is 2.25. The maximum absolute atomic E-state index is 13.2. The number of hydrogen-bond donors (Lipinski definition) is 1. The zero-order valence-corrected chi connectivity index (χ0v) is 10.6. The monoisotopic (exact) mass is 267 g/mol. The van der Waals surface area contributed by atoms with Crippen molar-refractivity contribution in [2.45, 2.75) is 10.6 Å². The number of benzene rings is 2. The van der Waals surface area contributed by atoms with E-state index < -0.39 is 0 Å². The van der Waals surface area contributed by atoms with Crippen LogP contribution in [0, 0.1) is 5.82 Å². The highest BCUT2D eigenvalue weighted by Crippen LogP contribution is 2.25. The van der Waals surface area contributed by atoms with E-state index in [0.717, 1.165) is 16.1 Å². The predicted molar refractivity (Wildman–Crippen MR) is 71.8 cm³/mol. The van der Waals surface area contributed by atoms with E-state index in [9.17, 15) is 4.39 Å². The maximum atomic E-state index is 13.2. The average molecular weight is 268 g/mol. The van der Waals surface area contributed by atoms with Crippen molar-refractivity contribution in [1.29, 1.82) is 0 Å². The molecule has 4 heteroatoms. The van der Waals surface area contributed by atoms with E-state index in [2.05, 4.69) is 0 Å². The lowest BCUT2D eigenvalue weighted by atomic mass is 10.2. The Morgan fingerprint density at radius 2 is 2.00 bits per heavy atom. The fourth-order valence-electron chi connectivity index (χ4n) is 1.40. The van der Waals surface area contributed by atoms with E-state index in [0.29, 0.717) is 5.75 Å². The molecular formula is C13H11ClFNS. The second kappa shape index (κ2) is 5.43. The quantitative estimate of drug-likeness (QED) is 0.661. The van der Waals surface area contributed by atoms with E-state index >= 15 is 0 Å². The number of halogens is 2. The first-order valence-corrected chi connectivity index (χ1v) is 6.44. The summed E-state index contributed by atoms with van der Waals surface area (Å²) >= 11 is 7.23. The van der Waals surface area contributed by atoms with E-state index in [4.69, 9.17) is 17.3 Å². The van der Waals surface area contributed by atoms with Crippen LogP contribution in [-0.4, -0.2) is 0 Å². The van der Waals surface area contributed by atoms with Gasteiger partial charge in [-0.05, 0) is 35.9 Å². The van der Waals surface area contributed by atoms with Gasteiger partial charge < -0.3 is 5.73 Å². The first-order valence-electron chi connectivity index (χ1n) is 5.07. The van der Waals surface area contributed by atoms with Crippen LogP contribution in [-0.2, 0) is 5.75 Å². The van der Waals surface area contributed by atoms with Crippen LogP contribution in [0.25, 0.3) is 0 Å². The minimum absolute atomic E-state index is 0.155. The Morgan fingerprint density at radius 3 is 2.71 bits per heavy atom. The molecule has 0 radical (unpaired) electrons. The summed E-state index contributed by atoms with van der Waals surface area (Å²) in [6, 6.07) is 12.5. The topological polar surface area (TPSA) is 26.0 Å². The molecule has 0 atom stereocenters. The zero-order valence-electron chi connectivity index (χ0n) is 8.99. The van der Waals surface area contributed by atoms with Gasteiger partial charge in [0.2, 0.25) is 0 Å². The number of hydrogen-bond acceptors (Lipinski definition) is 2. The molecule has 1 nitrogen and oxygen atoms in total. The smallest absolute Gasteiger partial charge is 0.142 e. The molecule has 0 saturated carbocycles. The van der Waals surface area contributed by atoms with Crippen LogP contribution >= 0.6 is 23.4 Å². The zero-order chi connectivity index (χ0) is 12.3. The summed E-state index contributed by atoms with van der Waals surface area (Å²) in [4.78, 5) is 1.07. The molecule has 0 heterocycles. The number of thioether (sulfide) groups is 1. The van der Waals surface area contributed by atoms with Crippen LogP contribution in [0.3, 0.4) is 0 Å². The Morgan fingerprint density at radius 1 is 1.18 bits per heavy atom. The number of nitrogens with two attached hydrogens (primary N) is 1. The second-order valence-corrected chi connectivity index (χ2v) is 5.07. The van der Waals surface area contributed by atoms with Gasteiger partial charge in [-0.1, -0.05) is 23.7 Å². The second-order valence-electron chi connectivity index (χ2n) is 3.61. The highest BCUT2D eigenvalue weighted by Gasteiger charge is 2.02. The van der Waals surface area contributed by atoms with Crippen molar-refractivity contribution in [2.24, 2.45) is 0 Å². The SMILES string of the molecule is Nc1cccc(SCc2ccc(Cl)c(F)c2)c1. The van der Waals surface area contributed by atoms with Crippen LogP contribution in [0.2, 0.25) is 5.02 Å². The van der Waals surface area contributed by atoms with Crippen molar-refractivity contribution in [3.8, 4) is 0 Å². The Bertz CT molecular complexity index is 531. The number of nitrogen functional groups attached to an aromatic ring is 1. The van der Waals surface area contributed by atoms with Gasteiger partial charge in [-0.3, -0.25) is 0 Å². The van der Waals surface area contributed by atoms with Gasteiger partial charge in [-0.25, -0.2) is 4.39 Å². The standard InChI is InChI=1S/C13H11ClFNS/c14-12-5-4-9(6-13(12)15)8-17-11-3-1-2-10(16)7-11/h1-7H,8,16H2. The lowest BCUT2D eigenvalue weighted by Crippen LogP contribution is -1.86. The van der Waals surface area contributed by atoms with Crippen LogP contribution in [0.5, 0.6) is 0 Å². The Hall–Kier alpha value is -1.19. The van der Waals surface area contributed by atoms with E-state index in [1.807, 2.05) is 30.3 Å². The largest absolute Gasteiger partial charge is 0.399 e. The van der Waals surface area contributed by atoms with Gasteiger partial charge in [0, 0.05) is 16.3 Å². The van der Waals surface area contributed by atoms with Crippen molar-refractivity contribution in [2.75, 3.05) is 5.73 Å². The molecule has 17 heavy (non-hydrogen) atoms. The molecule has 88 valence electrons. The van der Waals surface area contributed by atoms with Gasteiger partial charge in [-0.2, -0.15) is 0 Å². The summed E-state index contributed by atoms with van der Waals surface area (Å²) in [6.45, 7) is 0. The third-order valence-corrected chi connectivity index (χ3v) is 3.62. The van der Waals surface area contributed by atoms with Crippen molar-refractivity contribution in [3.05, 3.63) is 58.9 Å². The highest BCUT2D eigenvalue weighted by molar-refractivity contribution is 7.98. The van der Waals surface area contributed by atoms with Gasteiger partial charge >= 0.3 is 0 Å². The average Bonchev–Trinajstić information content (AvgIpc) is 2.31. The Labute approximate surface area is 109 Å². The fourth-order valence-corrected chi connectivity index (χ4v) is 2.43. The summed E-state index contributed by atoms with van der Waals surface area (Å²) in [5.41, 5.74) is 7.32. The van der Waals surface area contributed by atoms with Gasteiger partial charge in [0.05, 0.1) is 5.02 Å². The molecule has 2 N–H and O–H groups in total. The van der Waals surface area contributed by atoms with E-state index in [-0.39, 0.29) is 10.8 Å². The van der Waals surface area contributed by atoms with Crippen LogP contribution in [0.1, 0.15) is 5.56 Å². The van der Waals surface area contributed by atoms with Crippen molar-refractivity contribution >= 4 is 29.1 Å². The van der Waals surface area contributed by atoms with Gasteiger partial charge in [0.1, 0.15) is 5.82 Å². The lowest BCUT2D eigenvalue weighted by Gasteiger charge is -2.04. The Kier molecular flexibility index (Phi) is 3.92. The minimum atomic E-state index is -0.377. The highest BCUT2D eigenvalue weighted by atomic mass is 35.5. The van der Waals surface area contributed by atoms with Crippen molar-refractivity contribution in [1.82, 2.24) is 0 Å². The first kappa shape index (κ1) is 12.3. The first-order chi connectivity index (χ1) is 8.15. The molecule has 0 aliphatic carbocycles. The molecule has 0 spiro atoms. The maximum Gasteiger partial charge on any atom is 0.142 e.